The molecule has 1 saturated heterocycles. The van der Waals surface area contributed by atoms with Crippen LogP contribution in [0.5, 0.6) is 0 Å². The van der Waals surface area contributed by atoms with Gasteiger partial charge in [0.05, 0.1) is 0 Å². The molecule has 5 aliphatic rings. The van der Waals surface area contributed by atoms with Crippen LogP contribution in [0.15, 0.2) is 0 Å². The summed E-state index contributed by atoms with van der Waals surface area (Å²) in [5.41, 5.74) is 0. The van der Waals surface area contributed by atoms with Gasteiger partial charge in [-0.15, -0.1) is 0 Å². The molecule has 0 aromatic rings. The van der Waals surface area contributed by atoms with Crippen LogP contribution in [-0.2, 0) is 0 Å². The van der Waals surface area contributed by atoms with Crippen LogP contribution >= 0.6 is 0 Å². The van der Waals surface area contributed by atoms with Gasteiger partial charge in [0.15, 0.2) is 0 Å². The minimum Gasteiger partial charge on any atom is -0.309 e. The highest BCUT2D eigenvalue weighted by molar-refractivity contribution is 5.02. The lowest BCUT2D eigenvalue weighted by Crippen LogP contribution is -2.57. The molecule has 0 spiro atoms. The first-order valence-electron chi connectivity index (χ1n) is 7.72. The van der Waals surface area contributed by atoms with E-state index in [0.29, 0.717) is 0 Å². The van der Waals surface area contributed by atoms with Crippen LogP contribution in [0.2, 0.25) is 0 Å². The Bertz CT molecular complexity index is 273. The number of likely N-dealkylation sites (N-methyl/N-ethyl adjacent to an activating group) is 1. The summed E-state index contributed by atoms with van der Waals surface area (Å²) in [6.07, 6.45) is 9.14. The van der Waals surface area contributed by atoms with Crippen molar-refractivity contribution in [3.05, 3.63) is 0 Å². The van der Waals surface area contributed by atoms with E-state index in [2.05, 4.69) is 17.3 Å². The number of nitrogens with one attached hydrogen (secondary N) is 1. The Balaban J connectivity index is 1.44. The van der Waals surface area contributed by atoms with E-state index in [-0.39, 0.29) is 0 Å². The van der Waals surface area contributed by atoms with E-state index < -0.39 is 0 Å². The molecule has 5 fully saturated rings. The highest BCUT2D eigenvalue weighted by Gasteiger charge is 2.48. The zero-order valence-corrected chi connectivity index (χ0v) is 11.1. The van der Waals surface area contributed by atoms with Gasteiger partial charge < -0.3 is 10.2 Å². The fourth-order valence-corrected chi connectivity index (χ4v) is 5.54. The molecule has 5 rings (SSSR count). The second-order valence-electron chi connectivity index (χ2n) is 7.37. The molecule has 0 aromatic carbocycles. The second kappa shape index (κ2) is 3.96. The lowest BCUT2D eigenvalue weighted by Gasteiger charge is -2.55. The van der Waals surface area contributed by atoms with E-state index in [1.807, 2.05) is 0 Å². The Labute approximate surface area is 105 Å². The molecule has 1 heterocycles. The molecule has 1 aliphatic heterocycles. The first-order valence-corrected chi connectivity index (χ1v) is 7.72. The molecular weight excluding hydrogens is 208 g/mol. The molecule has 4 aliphatic carbocycles. The summed E-state index contributed by atoms with van der Waals surface area (Å²) in [5, 5.41) is 4.05. The fraction of sp³-hybridized carbons (Fsp3) is 1.00. The number of hydrogen-bond acceptors (Lipinski definition) is 2. The molecule has 2 heteroatoms. The average Bonchev–Trinajstić information content (AvgIpc) is 2.68. The SMILES string of the molecule is CN1CCC(NC2C3CC4CC(C3)CC2C4)C1. The Morgan fingerprint density at radius 2 is 1.59 bits per heavy atom. The van der Waals surface area contributed by atoms with Crippen LogP contribution < -0.4 is 5.32 Å². The quantitative estimate of drug-likeness (QED) is 0.787. The third-order valence-electron chi connectivity index (χ3n) is 6.05. The van der Waals surface area contributed by atoms with Gasteiger partial charge >= 0.3 is 0 Å². The van der Waals surface area contributed by atoms with Gasteiger partial charge in [0.25, 0.3) is 0 Å². The van der Waals surface area contributed by atoms with E-state index in [1.54, 1.807) is 32.1 Å². The Hall–Kier alpha value is -0.0800. The van der Waals surface area contributed by atoms with Crippen molar-refractivity contribution < 1.29 is 0 Å². The summed E-state index contributed by atoms with van der Waals surface area (Å²) in [5.74, 6) is 4.30. The number of rotatable bonds is 2. The topological polar surface area (TPSA) is 15.3 Å². The van der Waals surface area contributed by atoms with Gasteiger partial charge in [-0.1, -0.05) is 0 Å². The number of likely N-dealkylation sites (tertiary alicyclic amines) is 1. The van der Waals surface area contributed by atoms with E-state index in [0.717, 1.165) is 35.8 Å². The maximum Gasteiger partial charge on any atom is 0.0209 e. The number of nitrogens with zero attached hydrogens (tertiary/aromatic N) is 1. The smallest absolute Gasteiger partial charge is 0.0209 e. The lowest BCUT2D eigenvalue weighted by atomic mass is 9.54. The predicted octanol–water partition coefficient (Wildman–Crippen LogP) is 2.10. The van der Waals surface area contributed by atoms with E-state index >= 15 is 0 Å². The molecule has 17 heavy (non-hydrogen) atoms. The molecule has 0 aromatic heterocycles. The van der Waals surface area contributed by atoms with E-state index in [4.69, 9.17) is 0 Å². The third-order valence-corrected chi connectivity index (χ3v) is 6.05. The monoisotopic (exact) mass is 234 g/mol. The minimum absolute atomic E-state index is 0.794. The van der Waals surface area contributed by atoms with Gasteiger partial charge in [-0.2, -0.15) is 0 Å². The first kappa shape index (κ1) is 10.8. The van der Waals surface area contributed by atoms with Gasteiger partial charge in [-0.3, -0.25) is 0 Å². The second-order valence-corrected chi connectivity index (χ2v) is 7.37. The molecule has 0 radical (unpaired) electrons. The molecule has 4 saturated carbocycles. The van der Waals surface area contributed by atoms with Crippen molar-refractivity contribution >= 4 is 0 Å². The standard InChI is InChI=1S/C15H26N2/c1-17-3-2-14(9-17)16-15-12-5-10-4-11(7-12)8-13(15)6-10/h10-16H,2-9H2,1H3. The fourth-order valence-electron chi connectivity index (χ4n) is 5.54. The molecule has 1 atom stereocenters. The highest BCUT2D eigenvalue weighted by Crippen LogP contribution is 2.53. The molecule has 1 N–H and O–H groups in total. The summed E-state index contributed by atoms with van der Waals surface area (Å²) in [6.45, 7) is 2.58. The molecule has 1 unspecified atom stereocenters. The van der Waals surface area contributed by atoms with Gasteiger partial charge in [0.1, 0.15) is 0 Å². The van der Waals surface area contributed by atoms with Gasteiger partial charge in [0.2, 0.25) is 0 Å². The zero-order valence-electron chi connectivity index (χ0n) is 11.1. The van der Waals surface area contributed by atoms with E-state index in [1.165, 1.54) is 19.5 Å². The summed E-state index contributed by atoms with van der Waals surface area (Å²) in [4.78, 5) is 2.48. The lowest BCUT2D eigenvalue weighted by molar-refractivity contribution is -0.0172. The van der Waals surface area contributed by atoms with Crippen molar-refractivity contribution in [3.8, 4) is 0 Å². The molecule has 0 amide bonds. The number of hydrogen-bond donors (Lipinski definition) is 1. The van der Waals surface area contributed by atoms with Crippen molar-refractivity contribution in [1.82, 2.24) is 10.2 Å². The summed E-state index contributed by atoms with van der Waals surface area (Å²) in [6, 6.07) is 1.68. The van der Waals surface area contributed by atoms with Crippen LogP contribution in [0, 0.1) is 23.7 Å². The van der Waals surface area contributed by atoms with Crippen LogP contribution in [0.1, 0.15) is 38.5 Å². The largest absolute Gasteiger partial charge is 0.309 e. The summed E-state index contributed by atoms with van der Waals surface area (Å²) in [7, 11) is 2.26. The maximum absolute atomic E-state index is 4.05. The minimum atomic E-state index is 0.794. The normalized spacial score (nSPS) is 53.5. The first-order chi connectivity index (χ1) is 8.28. The van der Waals surface area contributed by atoms with Crippen LogP contribution in [-0.4, -0.2) is 37.1 Å². The Kier molecular flexibility index (Phi) is 2.52. The van der Waals surface area contributed by atoms with E-state index in [9.17, 15) is 0 Å². The van der Waals surface area contributed by atoms with Crippen molar-refractivity contribution in [3.63, 3.8) is 0 Å². The molecule has 2 nitrogen and oxygen atoms in total. The average molecular weight is 234 g/mol. The van der Waals surface area contributed by atoms with Crippen molar-refractivity contribution in [2.24, 2.45) is 23.7 Å². The zero-order chi connectivity index (χ0) is 11.4. The Morgan fingerprint density at radius 1 is 0.941 bits per heavy atom. The summed E-state index contributed by atoms with van der Waals surface area (Å²) >= 11 is 0. The van der Waals surface area contributed by atoms with Crippen molar-refractivity contribution in [2.45, 2.75) is 50.6 Å². The third kappa shape index (κ3) is 1.84. The van der Waals surface area contributed by atoms with Crippen molar-refractivity contribution in [2.75, 3.05) is 20.1 Å². The molecular formula is C15H26N2. The van der Waals surface area contributed by atoms with Crippen LogP contribution in [0.3, 0.4) is 0 Å². The molecule has 4 bridgehead atoms. The Morgan fingerprint density at radius 3 is 2.12 bits per heavy atom. The van der Waals surface area contributed by atoms with Crippen LogP contribution in [0.25, 0.3) is 0 Å². The predicted molar refractivity (Wildman–Crippen MR) is 69.9 cm³/mol. The van der Waals surface area contributed by atoms with Gasteiger partial charge in [-0.25, -0.2) is 0 Å². The van der Waals surface area contributed by atoms with Gasteiger partial charge in [-0.05, 0) is 75.8 Å². The van der Waals surface area contributed by atoms with Gasteiger partial charge in [0, 0.05) is 18.6 Å². The van der Waals surface area contributed by atoms with Crippen LogP contribution in [0.4, 0.5) is 0 Å². The van der Waals surface area contributed by atoms with Crippen molar-refractivity contribution in [1.29, 1.82) is 0 Å². The maximum atomic E-state index is 4.05. The molecule has 96 valence electrons. The summed E-state index contributed by atoms with van der Waals surface area (Å²) < 4.78 is 0. The highest BCUT2D eigenvalue weighted by atomic mass is 15.2.